The van der Waals surface area contributed by atoms with Crippen LogP contribution in [0.1, 0.15) is 40.0 Å². The van der Waals surface area contributed by atoms with Crippen LogP contribution in [0.25, 0.3) is 0 Å². The average Bonchev–Trinajstić information content (AvgIpc) is 2.27. The van der Waals surface area contributed by atoms with E-state index in [2.05, 4.69) is 0 Å². The molecule has 0 aliphatic carbocycles. The molecule has 0 aromatic heterocycles. The monoisotopic (exact) mass is 230 g/mol. The summed E-state index contributed by atoms with van der Waals surface area (Å²) in [6.07, 6.45) is 1.38. The molecular formula is C11H22N2O3. The van der Waals surface area contributed by atoms with E-state index in [-0.39, 0.29) is 5.91 Å². The van der Waals surface area contributed by atoms with Crippen molar-refractivity contribution in [3.8, 4) is 0 Å². The second-order valence-corrected chi connectivity index (χ2v) is 4.04. The highest BCUT2D eigenvalue weighted by Gasteiger charge is 2.36. The van der Waals surface area contributed by atoms with Gasteiger partial charge in [-0.25, -0.2) is 4.79 Å². The molecule has 0 aromatic rings. The van der Waals surface area contributed by atoms with Crippen molar-refractivity contribution in [2.24, 2.45) is 5.73 Å². The Bertz CT molecular complexity index is 262. The lowest BCUT2D eigenvalue weighted by Crippen LogP contribution is -2.57. The molecule has 0 aliphatic heterocycles. The van der Waals surface area contributed by atoms with Gasteiger partial charge in [-0.15, -0.1) is 0 Å². The summed E-state index contributed by atoms with van der Waals surface area (Å²) in [6.45, 7) is 5.40. The van der Waals surface area contributed by atoms with Crippen LogP contribution in [0, 0.1) is 0 Å². The maximum absolute atomic E-state index is 12.1. The lowest BCUT2D eigenvalue weighted by atomic mass is 9.92. The molecule has 0 aliphatic rings. The maximum atomic E-state index is 12.1. The topological polar surface area (TPSA) is 83.6 Å². The molecular weight excluding hydrogens is 208 g/mol. The highest BCUT2D eigenvalue weighted by Crippen LogP contribution is 2.17. The quantitative estimate of drug-likeness (QED) is 0.707. The fourth-order valence-electron chi connectivity index (χ4n) is 1.66. The summed E-state index contributed by atoms with van der Waals surface area (Å²) in [5, 5.41) is 8.97. The first-order valence-electron chi connectivity index (χ1n) is 5.62. The number of hydrogen-bond donors (Lipinski definition) is 2. The van der Waals surface area contributed by atoms with Crippen LogP contribution in [0.15, 0.2) is 0 Å². The van der Waals surface area contributed by atoms with Gasteiger partial charge in [0.05, 0.1) is 5.54 Å². The molecule has 3 N–H and O–H groups in total. The molecule has 94 valence electrons. The zero-order valence-corrected chi connectivity index (χ0v) is 10.5. The Hall–Kier alpha value is -1.10. The molecule has 0 heterocycles. The first-order valence-corrected chi connectivity index (χ1v) is 5.62. The molecule has 5 nitrogen and oxygen atoms in total. The van der Waals surface area contributed by atoms with E-state index in [0.717, 1.165) is 0 Å². The number of carbonyl (C=O) groups excluding carboxylic acids is 1. The van der Waals surface area contributed by atoms with E-state index in [4.69, 9.17) is 10.8 Å². The van der Waals surface area contributed by atoms with Crippen LogP contribution in [-0.4, -0.2) is 40.5 Å². The molecule has 1 atom stereocenters. The van der Waals surface area contributed by atoms with Gasteiger partial charge in [-0.3, -0.25) is 4.79 Å². The number of likely N-dealkylation sites (N-methyl/N-ethyl adjacent to an activating group) is 1. The van der Waals surface area contributed by atoms with Crippen LogP contribution >= 0.6 is 0 Å². The summed E-state index contributed by atoms with van der Waals surface area (Å²) in [5.74, 6) is -1.29. The maximum Gasteiger partial charge on any atom is 0.326 e. The normalized spacial score (nSPS) is 13.3. The molecule has 1 amide bonds. The van der Waals surface area contributed by atoms with Gasteiger partial charge in [-0.2, -0.15) is 0 Å². The molecule has 0 saturated carbocycles. The van der Waals surface area contributed by atoms with Crippen LogP contribution in [0.4, 0.5) is 0 Å². The third-order valence-corrected chi connectivity index (χ3v) is 3.15. The van der Waals surface area contributed by atoms with Crippen molar-refractivity contribution in [3.63, 3.8) is 0 Å². The molecule has 0 saturated heterocycles. The Morgan fingerprint density at radius 3 is 2.00 bits per heavy atom. The van der Waals surface area contributed by atoms with Crippen molar-refractivity contribution in [3.05, 3.63) is 0 Å². The fourth-order valence-corrected chi connectivity index (χ4v) is 1.66. The first-order chi connectivity index (χ1) is 7.33. The molecule has 5 heteroatoms. The summed E-state index contributed by atoms with van der Waals surface area (Å²) in [6, 6.07) is -0.798. The van der Waals surface area contributed by atoms with Gasteiger partial charge < -0.3 is 15.7 Å². The third-order valence-electron chi connectivity index (χ3n) is 3.15. The second-order valence-electron chi connectivity index (χ2n) is 4.04. The van der Waals surface area contributed by atoms with Crippen LogP contribution in [0.2, 0.25) is 0 Å². The zero-order valence-electron chi connectivity index (χ0n) is 10.5. The number of rotatable bonds is 6. The standard InChI is InChI=1S/C11H22N2O3/c1-5-8(9(14)15)13(4)10(16)11(12,6-2)7-3/h8H,5-7,12H2,1-4H3,(H,14,15). The number of carboxylic acid groups (broad SMARTS) is 1. The van der Waals surface area contributed by atoms with E-state index in [1.807, 2.05) is 13.8 Å². The second kappa shape index (κ2) is 5.84. The molecule has 16 heavy (non-hydrogen) atoms. The van der Waals surface area contributed by atoms with E-state index in [0.29, 0.717) is 19.3 Å². The van der Waals surface area contributed by atoms with E-state index in [1.54, 1.807) is 6.92 Å². The van der Waals surface area contributed by atoms with Crippen molar-refractivity contribution in [2.45, 2.75) is 51.6 Å². The third kappa shape index (κ3) is 2.95. The molecule has 1 unspecified atom stereocenters. The number of hydrogen-bond acceptors (Lipinski definition) is 3. The Kier molecular flexibility index (Phi) is 5.44. The molecule has 0 spiro atoms. The number of nitrogens with two attached hydrogens (primary N) is 1. The van der Waals surface area contributed by atoms with Crippen LogP contribution in [0.3, 0.4) is 0 Å². The minimum Gasteiger partial charge on any atom is -0.480 e. The van der Waals surface area contributed by atoms with Crippen molar-refractivity contribution in [1.29, 1.82) is 0 Å². The van der Waals surface area contributed by atoms with Gasteiger partial charge in [0.25, 0.3) is 0 Å². The highest BCUT2D eigenvalue weighted by atomic mass is 16.4. The summed E-state index contributed by atoms with van der Waals surface area (Å²) in [5.41, 5.74) is 5.00. The summed E-state index contributed by atoms with van der Waals surface area (Å²) in [7, 11) is 1.50. The molecule has 0 bridgehead atoms. The van der Waals surface area contributed by atoms with Crippen molar-refractivity contribution < 1.29 is 14.7 Å². The fraction of sp³-hybridized carbons (Fsp3) is 0.818. The van der Waals surface area contributed by atoms with Gasteiger partial charge in [0.2, 0.25) is 5.91 Å². The largest absolute Gasteiger partial charge is 0.480 e. The smallest absolute Gasteiger partial charge is 0.326 e. The van der Waals surface area contributed by atoms with E-state index < -0.39 is 17.6 Å². The summed E-state index contributed by atoms with van der Waals surface area (Å²) in [4.78, 5) is 24.3. The summed E-state index contributed by atoms with van der Waals surface area (Å²) >= 11 is 0. The van der Waals surface area contributed by atoms with Crippen molar-refractivity contribution in [1.82, 2.24) is 4.90 Å². The van der Waals surface area contributed by atoms with Crippen LogP contribution in [0.5, 0.6) is 0 Å². The van der Waals surface area contributed by atoms with Crippen LogP contribution < -0.4 is 5.73 Å². The number of nitrogens with zero attached hydrogens (tertiary/aromatic N) is 1. The van der Waals surface area contributed by atoms with Gasteiger partial charge in [-0.1, -0.05) is 20.8 Å². The van der Waals surface area contributed by atoms with Gasteiger partial charge in [0.15, 0.2) is 0 Å². The first kappa shape index (κ1) is 14.9. The van der Waals surface area contributed by atoms with Gasteiger partial charge >= 0.3 is 5.97 Å². The van der Waals surface area contributed by atoms with Gasteiger partial charge in [-0.05, 0) is 19.3 Å². The lowest BCUT2D eigenvalue weighted by Gasteiger charge is -2.33. The summed E-state index contributed by atoms with van der Waals surface area (Å²) < 4.78 is 0. The van der Waals surface area contributed by atoms with Crippen molar-refractivity contribution >= 4 is 11.9 Å². The predicted octanol–water partition coefficient (Wildman–Crippen LogP) is 0.825. The molecule has 0 fully saturated rings. The minimum absolute atomic E-state index is 0.299. The van der Waals surface area contributed by atoms with Gasteiger partial charge in [0, 0.05) is 7.05 Å². The number of carbonyl (C=O) groups is 2. The molecule has 0 rings (SSSR count). The van der Waals surface area contributed by atoms with E-state index >= 15 is 0 Å². The van der Waals surface area contributed by atoms with E-state index in [1.165, 1.54) is 11.9 Å². The van der Waals surface area contributed by atoms with E-state index in [9.17, 15) is 9.59 Å². The molecule has 0 radical (unpaired) electrons. The molecule has 0 aromatic carbocycles. The number of amides is 1. The zero-order chi connectivity index (χ0) is 12.9. The SMILES string of the molecule is CCC(C(=O)O)N(C)C(=O)C(N)(CC)CC. The average molecular weight is 230 g/mol. The minimum atomic E-state index is -0.993. The Morgan fingerprint density at radius 1 is 1.31 bits per heavy atom. The van der Waals surface area contributed by atoms with Crippen LogP contribution in [-0.2, 0) is 9.59 Å². The Labute approximate surface area is 96.6 Å². The highest BCUT2D eigenvalue weighted by molar-refractivity contribution is 5.89. The number of carboxylic acids is 1. The Morgan fingerprint density at radius 2 is 1.75 bits per heavy atom. The predicted molar refractivity (Wildman–Crippen MR) is 62.0 cm³/mol. The van der Waals surface area contributed by atoms with Gasteiger partial charge in [0.1, 0.15) is 6.04 Å². The lowest BCUT2D eigenvalue weighted by molar-refractivity contribution is -0.151. The van der Waals surface area contributed by atoms with Crippen molar-refractivity contribution in [2.75, 3.05) is 7.05 Å². The number of aliphatic carboxylic acids is 1. The Balaban J connectivity index is 4.90.